The molecular formula is C11H23NNa3O7P2S+. The van der Waals surface area contributed by atoms with Gasteiger partial charge in [0.2, 0.25) is 0 Å². The zero-order valence-electron chi connectivity index (χ0n) is 17.7. The molecular weight excluding hydrogens is 421 g/mol. The topological polar surface area (TPSA) is 148 Å². The van der Waals surface area contributed by atoms with Gasteiger partial charge < -0.3 is 19.2 Å². The molecule has 1 aromatic rings. The van der Waals surface area contributed by atoms with E-state index in [1.165, 1.54) is 0 Å². The molecule has 0 saturated carbocycles. The third-order valence-corrected chi connectivity index (χ3v) is 4.45. The summed E-state index contributed by atoms with van der Waals surface area (Å²) in [5, 5.41) is 10.1. The van der Waals surface area contributed by atoms with Crippen molar-refractivity contribution in [3.05, 3.63) is 24.4 Å². The average Bonchev–Trinajstić information content (AvgIpc) is 2.42. The Morgan fingerprint density at radius 1 is 1.16 bits per heavy atom. The second-order valence-corrected chi connectivity index (χ2v) is 7.58. The van der Waals surface area contributed by atoms with E-state index in [2.05, 4.69) is 4.98 Å². The molecule has 0 fully saturated rings. The van der Waals surface area contributed by atoms with Crippen molar-refractivity contribution in [1.29, 1.82) is 0 Å². The Labute approximate surface area is 223 Å². The number of unbranched alkanes of at least 4 members (excludes halogenated alkanes) is 2. The van der Waals surface area contributed by atoms with Gasteiger partial charge in [-0.05, 0) is 30.7 Å². The first kappa shape index (κ1) is 35.1. The second kappa shape index (κ2) is 21.3. The number of aliphatic hydroxyl groups is 1. The maximum atomic E-state index is 10.7. The predicted molar refractivity (Wildman–Crippen MR) is 86.9 cm³/mol. The summed E-state index contributed by atoms with van der Waals surface area (Å²) >= 11 is 1.66. The fourth-order valence-corrected chi connectivity index (χ4v) is 2.77. The summed E-state index contributed by atoms with van der Waals surface area (Å²) in [7, 11) is -7.19. The van der Waals surface area contributed by atoms with Gasteiger partial charge in [-0.25, -0.2) is 4.98 Å². The van der Waals surface area contributed by atoms with Crippen LogP contribution in [0.5, 0.6) is 0 Å². The molecule has 1 rings (SSSR count). The quantitative estimate of drug-likeness (QED) is 0.114. The van der Waals surface area contributed by atoms with Crippen LogP contribution in [-0.2, 0) is 9.13 Å². The van der Waals surface area contributed by atoms with Crippen molar-refractivity contribution < 1.29 is 127 Å². The maximum absolute atomic E-state index is 10.7. The molecule has 0 aliphatic carbocycles. The fourth-order valence-electron chi connectivity index (χ4n) is 1.38. The van der Waals surface area contributed by atoms with Gasteiger partial charge in [-0.2, -0.15) is 0 Å². The summed E-state index contributed by atoms with van der Waals surface area (Å²) in [6.45, 7) is 0. The molecule has 1 unspecified atom stereocenters. The summed E-state index contributed by atoms with van der Waals surface area (Å²) in [4.78, 5) is 35.8. The van der Waals surface area contributed by atoms with Crippen LogP contribution in [0.1, 0.15) is 30.0 Å². The minimum Gasteiger partial charge on any atom is -1.00 e. The monoisotopic (exact) mass is 444 g/mol. The molecule has 5 N–H and O–H groups in total. The molecule has 0 radical (unpaired) electrons. The predicted octanol–water partition coefficient (Wildman–Crippen LogP) is -6.79. The summed E-state index contributed by atoms with van der Waals surface area (Å²) in [5.41, 5.74) is 0. The molecule has 1 aromatic heterocycles. The van der Waals surface area contributed by atoms with E-state index in [0.717, 1.165) is 23.6 Å². The van der Waals surface area contributed by atoms with E-state index in [-0.39, 0.29) is 99.4 Å². The van der Waals surface area contributed by atoms with E-state index in [9.17, 15) is 4.57 Å². The standard InChI is InChI=1S/C11H18NO4PS.3Na.HO3P.3H/c13-11(17(14,15)16)7-2-1-5-9-18-10-6-3-4-8-12-10;;;;1-4(2)3;;;/h3-4,6,8,11,13H,1-2,5,7,9H2,(H2,14,15,16);;;;(H-,1,2,3);;;/q;3*+1;;3*-1/p+1. The molecule has 8 nitrogen and oxygen atoms in total. The molecule has 0 aromatic carbocycles. The van der Waals surface area contributed by atoms with Crippen molar-refractivity contribution in [2.24, 2.45) is 0 Å². The number of rotatable bonds is 8. The van der Waals surface area contributed by atoms with Gasteiger partial charge in [-0.1, -0.05) is 18.9 Å². The second-order valence-electron chi connectivity index (χ2n) is 4.19. The van der Waals surface area contributed by atoms with Crippen LogP contribution in [0.2, 0.25) is 0 Å². The maximum Gasteiger partial charge on any atom is 1.00 e. The third-order valence-electron chi connectivity index (χ3n) is 2.38. The van der Waals surface area contributed by atoms with E-state index >= 15 is 0 Å². The van der Waals surface area contributed by atoms with E-state index in [0.29, 0.717) is 6.42 Å². The summed E-state index contributed by atoms with van der Waals surface area (Å²) in [6.07, 6.45) is 4.30. The summed E-state index contributed by atoms with van der Waals surface area (Å²) in [6, 6.07) is 5.75. The van der Waals surface area contributed by atoms with Crippen molar-refractivity contribution >= 4 is 27.6 Å². The first-order chi connectivity index (χ1) is 10.2. The van der Waals surface area contributed by atoms with Gasteiger partial charge >= 0.3 is 105 Å². The first-order valence-electron chi connectivity index (χ1n) is 6.35. The van der Waals surface area contributed by atoms with Gasteiger partial charge in [0, 0.05) is 10.8 Å². The van der Waals surface area contributed by atoms with Crippen molar-refractivity contribution in [1.82, 2.24) is 4.98 Å². The first-order valence-corrected chi connectivity index (χ1v) is 10.2. The molecule has 0 spiro atoms. The van der Waals surface area contributed by atoms with Gasteiger partial charge in [0.1, 0.15) is 0 Å². The van der Waals surface area contributed by atoms with Crippen LogP contribution in [0, 0.1) is 0 Å². The minimum atomic E-state index is -4.32. The molecule has 25 heavy (non-hydrogen) atoms. The molecule has 1 heterocycles. The van der Waals surface area contributed by atoms with Crippen molar-refractivity contribution in [3.63, 3.8) is 0 Å². The number of aliphatic hydroxyl groups excluding tert-OH is 1. The molecule has 1 atom stereocenters. The molecule has 0 saturated heterocycles. The molecule has 0 aliphatic rings. The van der Waals surface area contributed by atoms with Gasteiger partial charge in [-0.15, -0.1) is 21.5 Å². The molecule has 14 heteroatoms. The molecule has 0 aliphatic heterocycles. The Morgan fingerprint density at radius 2 is 1.72 bits per heavy atom. The number of hydrogen-bond acceptors (Lipinski definition) is 5. The Morgan fingerprint density at radius 3 is 2.16 bits per heavy atom. The molecule has 0 amide bonds. The average molecular weight is 444 g/mol. The Kier molecular flexibility index (Phi) is 30.0. The molecule has 0 bridgehead atoms. The van der Waals surface area contributed by atoms with E-state index in [4.69, 9.17) is 29.2 Å². The van der Waals surface area contributed by atoms with Crippen LogP contribution in [-0.4, -0.2) is 41.3 Å². The number of aromatic nitrogens is 1. The van der Waals surface area contributed by atoms with E-state index in [1.807, 2.05) is 18.2 Å². The normalized spacial score (nSPS) is 10.8. The molecule has 132 valence electrons. The summed E-state index contributed by atoms with van der Waals surface area (Å²) < 4.78 is 19.4. The smallest absolute Gasteiger partial charge is 1.00 e. The van der Waals surface area contributed by atoms with Crippen LogP contribution in [0.25, 0.3) is 0 Å². The Bertz CT molecular complexity index is 494. The number of pyridine rings is 1. The number of hydrogen-bond donors (Lipinski definition) is 5. The Hall–Kier alpha value is 2.63. The van der Waals surface area contributed by atoms with Gasteiger partial charge in [0.15, 0.2) is 5.85 Å². The summed E-state index contributed by atoms with van der Waals surface area (Å²) in [5.74, 6) is -0.593. The Balaban J connectivity index is -0.0000000808. The zero-order valence-corrected chi connectivity index (χ0v) is 23.3. The van der Waals surface area contributed by atoms with E-state index in [1.54, 1.807) is 18.0 Å². The SMILES string of the molecule is O=P(O)(O)C(O)CCCCCSc1ccccn1.O=[P+](O)O.[H-].[H-].[H-].[Na+].[Na+].[Na+]. The van der Waals surface area contributed by atoms with E-state index < -0.39 is 21.7 Å². The van der Waals surface area contributed by atoms with Crippen LogP contribution < -0.4 is 88.7 Å². The van der Waals surface area contributed by atoms with Gasteiger partial charge in [-0.3, -0.25) is 4.57 Å². The van der Waals surface area contributed by atoms with Crippen LogP contribution in [0.4, 0.5) is 0 Å². The van der Waals surface area contributed by atoms with Crippen molar-refractivity contribution in [2.75, 3.05) is 5.75 Å². The van der Waals surface area contributed by atoms with Crippen molar-refractivity contribution in [2.45, 2.75) is 36.6 Å². The number of thioether (sulfide) groups is 1. The minimum absolute atomic E-state index is 0. The number of nitrogens with zero attached hydrogens (tertiary/aromatic N) is 1. The third kappa shape index (κ3) is 24.6. The largest absolute Gasteiger partial charge is 1.00 e. The van der Waals surface area contributed by atoms with Crippen LogP contribution in [0.15, 0.2) is 29.4 Å². The fraction of sp³-hybridized carbons (Fsp3) is 0.545. The van der Waals surface area contributed by atoms with Gasteiger partial charge in [0.25, 0.3) is 0 Å². The van der Waals surface area contributed by atoms with Crippen molar-refractivity contribution in [3.8, 4) is 0 Å². The van der Waals surface area contributed by atoms with Crippen LogP contribution in [0.3, 0.4) is 0 Å². The van der Waals surface area contributed by atoms with Crippen LogP contribution >= 0.6 is 27.6 Å². The zero-order chi connectivity index (χ0) is 17.0. The van der Waals surface area contributed by atoms with Gasteiger partial charge in [0.05, 0.1) is 5.03 Å².